The van der Waals surface area contributed by atoms with Crippen LogP contribution < -0.4 is 29.6 Å². The Kier molecular flexibility index (Phi) is 3.53. The predicted octanol–water partition coefficient (Wildman–Crippen LogP) is 0.624. The Morgan fingerprint density at radius 1 is 1.06 bits per heavy atom. The van der Waals surface area contributed by atoms with Gasteiger partial charge in [-0.3, -0.25) is 0 Å². The van der Waals surface area contributed by atoms with Crippen LogP contribution in [0, 0.1) is 6.07 Å². The van der Waals surface area contributed by atoms with Gasteiger partial charge < -0.3 is 0 Å². The molecule has 0 amide bonds. The van der Waals surface area contributed by atoms with Crippen molar-refractivity contribution in [2.24, 2.45) is 0 Å². The third kappa shape index (κ3) is 1.86. The Balaban J connectivity index is 0.000000963. The van der Waals surface area contributed by atoms with Gasteiger partial charge in [-0.15, -0.1) is 11.1 Å². The molecule has 0 saturated carbocycles. The second-order valence-corrected chi connectivity index (χ2v) is 4.06. The van der Waals surface area contributed by atoms with Gasteiger partial charge in [0.25, 0.3) is 0 Å². The van der Waals surface area contributed by atoms with Gasteiger partial charge in [-0.25, -0.2) is 0 Å². The van der Waals surface area contributed by atoms with Gasteiger partial charge in [0.1, 0.15) is 0 Å². The second-order valence-electron chi connectivity index (χ2n) is 4.06. The van der Waals surface area contributed by atoms with Gasteiger partial charge in [0.05, 0.1) is 0 Å². The smallest absolute Gasteiger partial charge is 0.176 e. The molecule has 16 heavy (non-hydrogen) atoms. The van der Waals surface area contributed by atoms with E-state index in [2.05, 4.69) is 49.4 Å². The fourth-order valence-corrected chi connectivity index (χ4v) is 2.31. The number of benzene rings is 2. The van der Waals surface area contributed by atoms with Gasteiger partial charge >= 0.3 is 29.6 Å². The Bertz CT molecular complexity index is 515. The van der Waals surface area contributed by atoms with E-state index in [-0.39, 0.29) is 29.6 Å². The van der Waals surface area contributed by atoms with Crippen molar-refractivity contribution in [1.82, 2.24) is 0 Å². The third-order valence-electron chi connectivity index (χ3n) is 3.14. The fraction of sp³-hybridized carbons (Fsp3) is 0.200. The molecule has 0 fully saturated rings. The zero-order valence-corrected chi connectivity index (χ0v) is 11.9. The van der Waals surface area contributed by atoms with Crippen molar-refractivity contribution in [2.75, 3.05) is 0 Å². The third-order valence-corrected chi connectivity index (χ3v) is 3.14. The van der Waals surface area contributed by atoms with Crippen LogP contribution in [0.25, 0.3) is 11.1 Å². The number of rotatable bonds is 1. The summed E-state index contributed by atoms with van der Waals surface area (Å²) in [4.78, 5) is 0. The van der Waals surface area contributed by atoms with Crippen LogP contribution in [-0.2, 0) is 12.8 Å². The van der Waals surface area contributed by atoms with Crippen LogP contribution >= 0.6 is 0 Å². The molecule has 0 heterocycles. The first-order valence-corrected chi connectivity index (χ1v) is 5.51. The molecule has 0 unspecified atom stereocenters. The van der Waals surface area contributed by atoms with Gasteiger partial charge in [0.2, 0.25) is 0 Å². The minimum atomic E-state index is 0. The summed E-state index contributed by atoms with van der Waals surface area (Å²) >= 11 is 0. The minimum absolute atomic E-state index is 0. The van der Waals surface area contributed by atoms with E-state index >= 15 is 0 Å². The Morgan fingerprint density at radius 3 is 2.69 bits per heavy atom. The minimum Gasteiger partial charge on any atom is -0.176 e. The molecule has 1 heteroatoms. The largest absolute Gasteiger partial charge is 1.00 e. The first-order valence-electron chi connectivity index (χ1n) is 5.51. The van der Waals surface area contributed by atoms with E-state index in [0.29, 0.717) is 0 Å². The van der Waals surface area contributed by atoms with E-state index in [1.54, 1.807) is 0 Å². The van der Waals surface area contributed by atoms with Crippen LogP contribution in [-0.4, -0.2) is 0 Å². The second kappa shape index (κ2) is 4.75. The molecule has 1 aliphatic rings. The quantitative estimate of drug-likeness (QED) is 0.413. The van der Waals surface area contributed by atoms with Crippen molar-refractivity contribution in [3.05, 3.63) is 59.2 Å². The van der Waals surface area contributed by atoms with Gasteiger partial charge in [-0.05, 0) is 6.42 Å². The van der Waals surface area contributed by atoms with E-state index in [4.69, 9.17) is 0 Å². The SMILES string of the molecule is CCc1[c-]c2c(cc1)-c1ccccc1C2.[Na+]. The van der Waals surface area contributed by atoms with Gasteiger partial charge in [-0.1, -0.05) is 48.7 Å². The molecule has 0 aromatic heterocycles. The first kappa shape index (κ1) is 11.9. The summed E-state index contributed by atoms with van der Waals surface area (Å²) in [6, 6.07) is 16.6. The maximum Gasteiger partial charge on any atom is 1.00 e. The first-order chi connectivity index (χ1) is 7.38. The van der Waals surface area contributed by atoms with Crippen LogP contribution in [0.4, 0.5) is 0 Å². The Labute approximate surface area is 119 Å². The van der Waals surface area contributed by atoms with Gasteiger partial charge in [-0.2, -0.15) is 23.8 Å². The van der Waals surface area contributed by atoms with Crippen molar-refractivity contribution in [3.8, 4) is 11.1 Å². The number of hydrogen-bond acceptors (Lipinski definition) is 0. The summed E-state index contributed by atoms with van der Waals surface area (Å²) in [5.74, 6) is 0. The van der Waals surface area contributed by atoms with Crippen LogP contribution in [0.1, 0.15) is 23.6 Å². The fourth-order valence-electron chi connectivity index (χ4n) is 2.31. The van der Waals surface area contributed by atoms with Gasteiger partial charge in [0.15, 0.2) is 0 Å². The summed E-state index contributed by atoms with van der Waals surface area (Å²) < 4.78 is 0. The van der Waals surface area contributed by atoms with E-state index < -0.39 is 0 Å². The number of aryl methyl sites for hydroxylation is 1. The predicted molar refractivity (Wildman–Crippen MR) is 62.9 cm³/mol. The average molecular weight is 216 g/mol. The molecule has 0 spiro atoms. The molecule has 3 rings (SSSR count). The van der Waals surface area contributed by atoms with Crippen molar-refractivity contribution in [2.45, 2.75) is 19.8 Å². The van der Waals surface area contributed by atoms with Crippen molar-refractivity contribution >= 4 is 0 Å². The van der Waals surface area contributed by atoms with Crippen LogP contribution in [0.15, 0.2) is 36.4 Å². The molecule has 2 aromatic carbocycles. The van der Waals surface area contributed by atoms with Crippen LogP contribution in [0.2, 0.25) is 0 Å². The molecule has 2 aromatic rings. The molecular formula is C15H13Na. The Hall–Kier alpha value is -0.560. The van der Waals surface area contributed by atoms with Crippen LogP contribution in [0.3, 0.4) is 0 Å². The van der Waals surface area contributed by atoms with Gasteiger partial charge in [0, 0.05) is 0 Å². The molecule has 0 N–H and O–H groups in total. The molecule has 0 nitrogen and oxygen atoms in total. The topological polar surface area (TPSA) is 0 Å². The van der Waals surface area contributed by atoms with E-state index in [9.17, 15) is 0 Å². The van der Waals surface area contributed by atoms with E-state index in [1.165, 1.54) is 27.8 Å². The summed E-state index contributed by atoms with van der Waals surface area (Å²) in [7, 11) is 0. The Morgan fingerprint density at radius 2 is 1.88 bits per heavy atom. The molecule has 0 saturated heterocycles. The van der Waals surface area contributed by atoms with Crippen molar-refractivity contribution < 1.29 is 29.6 Å². The monoisotopic (exact) mass is 216 g/mol. The summed E-state index contributed by atoms with van der Waals surface area (Å²) in [6.45, 7) is 2.18. The van der Waals surface area contributed by atoms with Crippen molar-refractivity contribution in [3.63, 3.8) is 0 Å². The average Bonchev–Trinajstić information content (AvgIpc) is 2.66. The molecular weight excluding hydrogens is 203 g/mol. The normalized spacial score (nSPS) is 11.6. The molecule has 0 atom stereocenters. The maximum atomic E-state index is 3.52. The summed E-state index contributed by atoms with van der Waals surface area (Å²) in [5, 5.41) is 0. The van der Waals surface area contributed by atoms with Crippen molar-refractivity contribution in [1.29, 1.82) is 0 Å². The maximum absolute atomic E-state index is 3.52. The van der Waals surface area contributed by atoms with E-state index in [1.807, 2.05) is 0 Å². The molecule has 0 radical (unpaired) electrons. The zero-order chi connectivity index (χ0) is 10.3. The molecule has 74 valence electrons. The molecule has 0 aliphatic heterocycles. The molecule has 1 aliphatic carbocycles. The number of fused-ring (bicyclic) bond motifs is 3. The summed E-state index contributed by atoms with van der Waals surface area (Å²) in [6.07, 6.45) is 2.13. The van der Waals surface area contributed by atoms with Crippen LogP contribution in [0.5, 0.6) is 0 Å². The molecule has 0 bridgehead atoms. The zero-order valence-electron chi connectivity index (χ0n) is 9.88. The summed E-state index contributed by atoms with van der Waals surface area (Å²) in [5.41, 5.74) is 6.91. The standard InChI is InChI=1S/C15H13.Na/c1-2-11-7-8-15-13(9-11)10-12-5-3-4-6-14(12)15;/h3-8H,2,10H2,1H3;/q-1;+1. The van der Waals surface area contributed by atoms with E-state index in [0.717, 1.165) is 12.8 Å². The number of hydrogen-bond donors (Lipinski definition) is 0.